The minimum atomic E-state index is -0.362. The molecule has 29 heavy (non-hydrogen) atoms. The molecule has 1 aromatic heterocycles. The van der Waals surface area contributed by atoms with E-state index in [4.69, 9.17) is 9.47 Å². The van der Waals surface area contributed by atoms with Gasteiger partial charge in [-0.25, -0.2) is 4.98 Å². The summed E-state index contributed by atoms with van der Waals surface area (Å²) in [7, 11) is 0. The Morgan fingerprint density at radius 3 is 2.62 bits per heavy atom. The first-order valence-corrected chi connectivity index (χ1v) is 10.5. The summed E-state index contributed by atoms with van der Waals surface area (Å²) in [6.07, 6.45) is 1.37. The minimum absolute atomic E-state index is 0.157. The highest BCUT2D eigenvalue weighted by Gasteiger charge is 2.32. The number of aromatic nitrogens is 1. The summed E-state index contributed by atoms with van der Waals surface area (Å²) in [5.41, 5.74) is 3.41. The molecule has 0 fully saturated rings. The number of carbonyl (C=O) groups excluding carboxylic acids is 1. The molecule has 0 atom stereocenters. The third kappa shape index (κ3) is 5.04. The normalized spacial score (nSPS) is 14.9. The van der Waals surface area contributed by atoms with Crippen LogP contribution in [0.15, 0.2) is 28.7 Å². The lowest BCUT2D eigenvalue weighted by Crippen LogP contribution is -2.33. The van der Waals surface area contributed by atoms with Crippen molar-refractivity contribution >= 4 is 21.7 Å². The monoisotopic (exact) mass is 456 g/mol. The number of carbonyl (C=O) groups is 1. The molecular formula is C23H25BrN2O3. The van der Waals surface area contributed by atoms with Crippen LogP contribution in [-0.4, -0.2) is 23.0 Å². The van der Waals surface area contributed by atoms with Gasteiger partial charge in [0.15, 0.2) is 12.4 Å². The van der Waals surface area contributed by atoms with E-state index in [9.17, 15) is 10.1 Å². The number of hydrogen-bond donors (Lipinski definition) is 0. The molecule has 0 saturated heterocycles. The Labute approximate surface area is 180 Å². The van der Waals surface area contributed by atoms with E-state index in [1.54, 1.807) is 12.1 Å². The number of ketones is 1. The Morgan fingerprint density at radius 2 is 2.00 bits per heavy atom. The number of Topliss-reactive ketones (excluding diaryl/α,β-unsaturated/α-hetero) is 1. The standard InChI is InChI=1S/C23H25BrN2O3/c1-14(2)9-20-19-12-29-23(3,4)10-17(19)18(11-25)22(26-20)28-13-21(27)15-5-7-16(24)8-6-15/h5-8,14H,9-10,12-13H2,1-4H3. The molecule has 0 radical (unpaired) electrons. The number of ether oxygens (including phenoxy) is 2. The van der Waals surface area contributed by atoms with Crippen LogP contribution >= 0.6 is 15.9 Å². The first-order chi connectivity index (χ1) is 13.7. The first-order valence-electron chi connectivity index (χ1n) is 9.70. The summed E-state index contributed by atoms with van der Waals surface area (Å²) in [4.78, 5) is 17.2. The minimum Gasteiger partial charge on any atom is -0.468 e. The molecule has 0 spiro atoms. The number of rotatable bonds is 6. The van der Waals surface area contributed by atoms with Gasteiger partial charge >= 0.3 is 0 Å². The van der Waals surface area contributed by atoms with Gasteiger partial charge in [-0.2, -0.15) is 5.26 Å². The van der Waals surface area contributed by atoms with Crippen LogP contribution in [0.4, 0.5) is 0 Å². The lowest BCUT2D eigenvalue weighted by molar-refractivity contribution is -0.0408. The van der Waals surface area contributed by atoms with Gasteiger partial charge in [0.25, 0.3) is 0 Å². The van der Waals surface area contributed by atoms with Gasteiger partial charge in [-0.1, -0.05) is 41.9 Å². The molecule has 0 saturated carbocycles. The molecule has 2 heterocycles. The summed E-state index contributed by atoms with van der Waals surface area (Å²) < 4.78 is 12.7. The third-order valence-electron chi connectivity index (χ3n) is 4.89. The number of fused-ring (bicyclic) bond motifs is 1. The van der Waals surface area contributed by atoms with Crippen LogP contribution in [-0.2, 0) is 24.2 Å². The predicted molar refractivity (Wildman–Crippen MR) is 114 cm³/mol. The number of benzene rings is 1. The largest absolute Gasteiger partial charge is 0.468 e. The fraction of sp³-hybridized carbons (Fsp3) is 0.435. The highest BCUT2D eigenvalue weighted by Crippen LogP contribution is 2.35. The van der Waals surface area contributed by atoms with Gasteiger partial charge in [-0.15, -0.1) is 0 Å². The maximum absolute atomic E-state index is 12.5. The molecule has 0 bridgehead atoms. The van der Waals surface area contributed by atoms with Gasteiger partial charge in [-0.05, 0) is 43.9 Å². The highest BCUT2D eigenvalue weighted by atomic mass is 79.9. The van der Waals surface area contributed by atoms with Crippen molar-refractivity contribution in [2.75, 3.05) is 6.61 Å². The van der Waals surface area contributed by atoms with E-state index in [1.165, 1.54) is 0 Å². The Bertz CT molecular complexity index is 960. The molecule has 6 heteroatoms. The van der Waals surface area contributed by atoms with Crippen LogP contribution in [0, 0.1) is 17.2 Å². The number of pyridine rings is 1. The molecule has 0 aliphatic carbocycles. The molecule has 3 rings (SSSR count). The van der Waals surface area contributed by atoms with Crippen LogP contribution in [0.1, 0.15) is 60.4 Å². The average molecular weight is 457 g/mol. The van der Waals surface area contributed by atoms with Crippen LogP contribution in [0.5, 0.6) is 5.88 Å². The SMILES string of the molecule is CC(C)Cc1nc(OCC(=O)c2ccc(Br)cc2)c(C#N)c2c1COC(C)(C)C2. The Morgan fingerprint density at radius 1 is 1.31 bits per heavy atom. The van der Waals surface area contributed by atoms with Gasteiger partial charge in [0.05, 0.1) is 17.9 Å². The number of nitriles is 1. The number of halogens is 1. The molecule has 0 unspecified atom stereocenters. The molecular weight excluding hydrogens is 432 g/mol. The van der Waals surface area contributed by atoms with E-state index in [2.05, 4.69) is 40.8 Å². The maximum atomic E-state index is 12.5. The fourth-order valence-electron chi connectivity index (χ4n) is 3.44. The van der Waals surface area contributed by atoms with Gasteiger partial charge in [0, 0.05) is 22.0 Å². The van der Waals surface area contributed by atoms with Crippen molar-refractivity contribution in [2.24, 2.45) is 5.92 Å². The van der Waals surface area contributed by atoms with Gasteiger partial charge in [0.1, 0.15) is 11.6 Å². The summed E-state index contributed by atoms with van der Waals surface area (Å²) in [5.74, 6) is 0.478. The molecule has 152 valence electrons. The van der Waals surface area contributed by atoms with Gasteiger partial charge in [0.2, 0.25) is 5.88 Å². The topological polar surface area (TPSA) is 72.2 Å². The quantitative estimate of drug-likeness (QED) is 0.570. The highest BCUT2D eigenvalue weighted by molar-refractivity contribution is 9.10. The zero-order chi connectivity index (χ0) is 21.2. The van der Waals surface area contributed by atoms with E-state index in [-0.39, 0.29) is 23.9 Å². The van der Waals surface area contributed by atoms with E-state index in [0.29, 0.717) is 30.1 Å². The maximum Gasteiger partial charge on any atom is 0.232 e. The van der Waals surface area contributed by atoms with E-state index in [0.717, 1.165) is 27.7 Å². The Balaban J connectivity index is 1.94. The smallest absolute Gasteiger partial charge is 0.232 e. The van der Waals surface area contributed by atoms with Crippen LogP contribution < -0.4 is 4.74 Å². The van der Waals surface area contributed by atoms with E-state index in [1.807, 2.05) is 26.0 Å². The third-order valence-corrected chi connectivity index (χ3v) is 5.42. The zero-order valence-corrected chi connectivity index (χ0v) is 18.8. The predicted octanol–water partition coefficient (Wildman–Crippen LogP) is 5.03. The Hall–Kier alpha value is -2.23. The Kier molecular flexibility index (Phi) is 6.40. The van der Waals surface area contributed by atoms with Crippen molar-refractivity contribution in [3.05, 3.63) is 56.7 Å². The second-order valence-electron chi connectivity index (χ2n) is 8.35. The zero-order valence-electron chi connectivity index (χ0n) is 17.2. The number of hydrogen-bond acceptors (Lipinski definition) is 5. The summed E-state index contributed by atoms with van der Waals surface area (Å²) in [6, 6.07) is 9.36. The van der Waals surface area contributed by atoms with Crippen molar-refractivity contribution in [1.29, 1.82) is 5.26 Å². The lowest BCUT2D eigenvalue weighted by Gasteiger charge is -2.33. The van der Waals surface area contributed by atoms with Crippen LogP contribution in [0.2, 0.25) is 0 Å². The fourth-order valence-corrected chi connectivity index (χ4v) is 3.70. The second kappa shape index (κ2) is 8.64. The van der Waals surface area contributed by atoms with Crippen molar-refractivity contribution in [3.8, 4) is 11.9 Å². The molecule has 1 aromatic carbocycles. The molecule has 0 N–H and O–H groups in total. The first kappa shape index (κ1) is 21.5. The van der Waals surface area contributed by atoms with Crippen molar-refractivity contribution in [2.45, 2.75) is 52.7 Å². The van der Waals surface area contributed by atoms with Gasteiger partial charge in [-0.3, -0.25) is 4.79 Å². The van der Waals surface area contributed by atoms with E-state index >= 15 is 0 Å². The molecule has 2 aromatic rings. The average Bonchev–Trinajstić information content (AvgIpc) is 2.65. The summed E-state index contributed by atoms with van der Waals surface area (Å²) in [5, 5.41) is 9.83. The summed E-state index contributed by atoms with van der Waals surface area (Å²) in [6.45, 7) is 8.54. The molecule has 1 aliphatic rings. The lowest BCUT2D eigenvalue weighted by atomic mass is 9.87. The molecule has 5 nitrogen and oxygen atoms in total. The molecule has 1 aliphatic heterocycles. The van der Waals surface area contributed by atoms with Crippen LogP contribution in [0.3, 0.4) is 0 Å². The molecule has 0 amide bonds. The number of nitrogens with zero attached hydrogens (tertiary/aromatic N) is 2. The van der Waals surface area contributed by atoms with Crippen LogP contribution in [0.25, 0.3) is 0 Å². The van der Waals surface area contributed by atoms with Gasteiger partial charge < -0.3 is 9.47 Å². The van der Waals surface area contributed by atoms with Crippen molar-refractivity contribution in [3.63, 3.8) is 0 Å². The van der Waals surface area contributed by atoms with Crippen molar-refractivity contribution < 1.29 is 14.3 Å². The second-order valence-corrected chi connectivity index (χ2v) is 9.27. The van der Waals surface area contributed by atoms with Crippen molar-refractivity contribution in [1.82, 2.24) is 4.98 Å². The summed E-state index contributed by atoms with van der Waals surface area (Å²) >= 11 is 3.36. The van der Waals surface area contributed by atoms with E-state index < -0.39 is 0 Å².